The topological polar surface area (TPSA) is 58.9 Å². The number of benzene rings is 1. The number of hydrogen-bond acceptors (Lipinski definition) is 3. The highest BCUT2D eigenvalue weighted by Gasteiger charge is 2.39. The maximum Gasteiger partial charge on any atom is 0.306 e. The van der Waals surface area contributed by atoms with E-state index in [1.165, 1.54) is 5.56 Å². The number of carbonyl (C=O) groups is 1. The maximum absolute atomic E-state index is 11.0. The van der Waals surface area contributed by atoms with E-state index in [0.29, 0.717) is 18.7 Å². The third-order valence-electron chi connectivity index (χ3n) is 3.95. The van der Waals surface area contributed by atoms with Crippen LogP contribution in [0.4, 0.5) is 0 Å². The van der Waals surface area contributed by atoms with Gasteiger partial charge in [0.05, 0.1) is 12.0 Å². The number of aryl methyl sites for hydroxylation is 1. The van der Waals surface area contributed by atoms with Crippen LogP contribution < -0.4 is 0 Å². The van der Waals surface area contributed by atoms with Gasteiger partial charge in [-0.3, -0.25) is 4.79 Å². The van der Waals surface area contributed by atoms with Gasteiger partial charge in [0.2, 0.25) is 5.90 Å². The van der Waals surface area contributed by atoms with E-state index >= 15 is 0 Å². The minimum absolute atomic E-state index is 0.0637. The second kappa shape index (κ2) is 4.68. The zero-order chi connectivity index (χ0) is 13.4. The summed E-state index contributed by atoms with van der Waals surface area (Å²) in [5, 5.41) is 9.08. The zero-order valence-corrected chi connectivity index (χ0v) is 10.9. The van der Waals surface area contributed by atoms with Crippen molar-refractivity contribution in [2.45, 2.75) is 38.3 Å². The first-order valence-corrected chi connectivity index (χ1v) is 6.68. The summed E-state index contributed by atoms with van der Waals surface area (Å²) in [5.74, 6) is -0.333. The van der Waals surface area contributed by atoms with E-state index in [0.717, 1.165) is 12.0 Å². The molecule has 0 saturated heterocycles. The molecule has 1 aromatic carbocycles. The summed E-state index contributed by atoms with van der Waals surface area (Å²) in [6, 6.07) is 8.19. The molecule has 3 rings (SSSR count). The van der Waals surface area contributed by atoms with Crippen LogP contribution in [0.2, 0.25) is 0 Å². The average molecular weight is 259 g/mol. The number of ether oxygens (including phenoxy) is 1. The van der Waals surface area contributed by atoms with Crippen molar-refractivity contribution in [3.63, 3.8) is 0 Å². The Morgan fingerprint density at radius 1 is 1.32 bits per heavy atom. The summed E-state index contributed by atoms with van der Waals surface area (Å²) in [5.41, 5.74) is 2.18. The van der Waals surface area contributed by atoms with Crippen molar-refractivity contribution < 1.29 is 14.6 Å². The largest absolute Gasteiger partial charge is 0.481 e. The molecule has 4 heteroatoms. The van der Waals surface area contributed by atoms with Crippen LogP contribution in [0.15, 0.2) is 29.3 Å². The first-order chi connectivity index (χ1) is 9.13. The molecule has 19 heavy (non-hydrogen) atoms. The molecule has 0 aromatic heterocycles. The van der Waals surface area contributed by atoms with Gasteiger partial charge in [0, 0.05) is 5.56 Å². The van der Waals surface area contributed by atoms with Crippen molar-refractivity contribution in [1.82, 2.24) is 0 Å². The predicted octanol–water partition coefficient (Wildman–Crippen LogP) is 2.39. The number of rotatable bonds is 2. The molecule has 2 aliphatic rings. The molecule has 1 aliphatic heterocycles. The third-order valence-corrected chi connectivity index (χ3v) is 3.95. The van der Waals surface area contributed by atoms with Gasteiger partial charge in [-0.2, -0.15) is 0 Å². The molecule has 1 heterocycles. The van der Waals surface area contributed by atoms with Gasteiger partial charge in [-0.05, 0) is 38.3 Å². The Hall–Kier alpha value is -1.84. The Morgan fingerprint density at radius 3 is 2.74 bits per heavy atom. The van der Waals surface area contributed by atoms with E-state index < -0.39 is 5.97 Å². The van der Waals surface area contributed by atoms with Crippen LogP contribution in [0, 0.1) is 12.8 Å². The van der Waals surface area contributed by atoms with Crippen molar-refractivity contribution >= 4 is 11.9 Å². The molecular formula is C15H17NO3. The van der Waals surface area contributed by atoms with E-state index in [1.807, 2.05) is 31.2 Å². The molecule has 1 saturated carbocycles. The van der Waals surface area contributed by atoms with E-state index in [9.17, 15) is 4.79 Å². The van der Waals surface area contributed by atoms with Gasteiger partial charge < -0.3 is 9.84 Å². The molecule has 1 fully saturated rings. The number of aliphatic imine (C=N–C) groups is 1. The third kappa shape index (κ3) is 2.35. The van der Waals surface area contributed by atoms with Gasteiger partial charge in [-0.1, -0.05) is 17.7 Å². The van der Waals surface area contributed by atoms with Crippen LogP contribution in [-0.2, 0) is 9.53 Å². The SMILES string of the molecule is Cc1ccc(C2=NC3CCC(C(=O)O)CC3O2)cc1. The molecule has 1 aromatic rings. The summed E-state index contributed by atoms with van der Waals surface area (Å²) >= 11 is 0. The number of hydrogen-bond donors (Lipinski definition) is 1. The van der Waals surface area contributed by atoms with E-state index in [4.69, 9.17) is 9.84 Å². The highest BCUT2D eigenvalue weighted by Crippen LogP contribution is 2.33. The molecule has 0 amide bonds. The molecular weight excluding hydrogens is 242 g/mol. The molecule has 100 valence electrons. The van der Waals surface area contributed by atoms with Crippen LogP contribution in [0.1, 0.15) is 30.4 Å². The quantitative estimate of drug-likeness (QED) is 0.887. The Morgan fingerprint density at radius 2 is 2.05 bits per heavy atom. The van der Waals surface area contributed by atoms with E-state index in [1.54, 1.807) is 0 Å². The summed E-state index contributed by atoms with van der Waals surface area (Å²) in [4.78, 5) is 15.6. The summed E-state index contributed by atoms with van der Waals surface area (Å²) in [7, 11) is 0. The van der Waals surface area contributed by atoms with E-state index in [-0.39, 0.29) is 18.1 Å². The smallest absolute Gasteiger partial charge is 0.306 e. The fourth-order valence-corrected chi connectivity index (χ4v) is 2.77. The summed E-state index contributed by atoms with van der Waals surface area (Å²) in [6.07, 6.45) is 2.01. The summed E-state index contributed by atoms with van der Waals surface area (Å²) in [6.45, 7) is 2.04. The van der Waals surface area contributed by atoms with Crippen molar-refractivity contribution in [1.29, 1.82) is 0 Å². The molecule has 1 N–H and O–H groups in total. The van der Waals surface area contributed by atoms with Gasteiger partial charge in [-0.25, -0.2) is 4.99 Å². The Balaban J connectivity index is 1.75. The Labute approximate surface area is 112 Å². The molecule has 1 aliphatic carbocycles. The lowest BCUT2D eigenvalue weighted by Gasteiger charge is -2.26. The molecule has 3 unspecified atom stereocenters. The van der Waals surface area contributed by atoms with E-state index in [2.05, 4.69) is 4.99 Å². The fraction of sp³-hybridized carbons (Fsp3) is 0.467. The lowest BCUT2D eigenvalue weighted by Crippen LogP contribution is -2.34. The number of aliphatic carboxylic acids is 1. The Kier molecular flexibility index (Phi) is 3.01. The lowest BCUT2D eigenvalue weighted by atomic mass is 9.84. The fourth-order valence-electron chi connectivity index (χ4n) is 2.77. The van der Waals surface area contributed by atoms with Gasteiger partial charge in [0.1, 0.15) is 6.10 Å². The first kappa shape index (κ1) is 12.2. The van der Waals surface area contributed by atoms with Gasteiger partial charge in [-0.15, -0.1) is 0 Å². The minimum Gasteiger partial charge on any atom is -0.481 e. The lowest BCUT2D eigenvalue weighted by molar-refractivity contribution is -0.143. The monoisotopic (exact) mass is 259 g/mol. The number of carboxylic acids is 1. The van der Waals surface area contributed by atoms with Crippen molar-refractivity contribution in [2.75, 3.05) is 0 Å². The predicted molar refractivity (Wildman–Crippen MR) is 71.4 cm³/mol. The highest BCUT2D eigenvalue weighted by molar-refractivity contribution is 5.95. The number of carboxylic acid groups (broad SMARTS) is 1. The molecule has 4 nitrogen and oxygen atoms in total. The standard InChI is InChI=1S/C15H17NO3/c1-9-2-4-10(5-3-9)14-16-12-7-6-11(15(17)18)8-13(12)19-14/h2-5,11-13H,6-8H2,1H3,(H,17,18). The first-order valence-electron chi connectivity index (χ1n) is 6.68. The van der Waals surface area contributed by atoms with Crippen molar-refractivity contribution in [3.8, 4) is 0 Å². The van der Waals surface area contributed by atoms with Gasteiger partial charge in [0.25, 0.3) is 0 Å². The molecule has 0 bridgehead atoms. The van der Waals surface area contributed by atoms with Crippen molar-refractivity contribution in [2.24, 2.45) is 10.9 Å². The van der Waals surface area contributed by atoms with Crippen LogP contribution in [0.25, 0.3) is 0 Å². The second-order valence-corrected chi connectivity index (χ2v) is 5.37. The molecule has 0 spiro atoms. The Bertz CT molecular complexity index is 521. The van der Waals surface area contributed by atoms with Crippen LogP contribution >= 0.6 is 0 Å². The van der Waals surface area contributed by atoms with Gasteiger partial charge >= 0.3 is 5.97 Å². The van der Waals surface area contributed by atoms with Gasteiger partial charge in [0.15, 0.2) is 0 Å². The minimum atomic E-state index is -0.717. The zero-order valence-electron chi connectivity index (χ0n) is 10.9. The normalized spacial score (nSPS) is 29.3. The molecule has 0 radical (unpaired) electrons. The van der Waals surface area contributed by atoms with Crippen LogP contribution in [0.5, 0.6) is 0 Å². The van der Waals surface area contributed by atoms with Crippen molar-refractivity contribution in [3.05, 3.63) is 35.4 Å². The maximum atomic E-state index is 11.0. The number of fused-ring (bicyclic) bond motifs is 1. The molecule has 3 atom stereocenters. The van der Waals surface area contributed by atoms with Crippen LogP contribution in [-0.4, -0.2) is 29.1 Å². The highest BCUT2D eigenvalue weighted by atomic mass is 16.5. The average Bonchev–Trinajstić information content (AvgIpc) is 2.82. The second-order valence-electron chi connectivity index (χ2n) is 5.37. The van der Waals surface area contributed by atoms with Crippen LogP contribution in [0.3, 0.4) is 0 Å². The summed E-state index contributed by atoms with van der Waals surface area (Å²) < 4.78 is 5.86. The number of nitrogens with zero attached hydrogens (tertiary/aromatic N) is 1.